The van der Waals surface area contributed by atoms with Crippen LogP contribution in [0.2, 0.25) is 5.02 Å². The third-order valence-electron chi connectivity index (χ3n) is 1.84. The van der Waals surface area contributed by atoms with Crippen molar-refractivity contribution in [2.45, 2.75) is 0 Å². The molecule has 0 saturated carbocycles. The van der Waals surface area contributed by atoms with Gasteiger partial charge in [-0.3, -0.25) is 10.2 Å². The van der Waals surface area contributed by atoms with Gasteiger partial charge in [0.15, 0.2) is 0 Å². The van der Waals surface area contributed by atoms with E-state index in [-0.39, 0.29) is 0 Å². The largest absolute Gasteiger partial charge is 0.465 e. The van der Waals surface area contributed by atoms with Crippen LogP contribution < -0.4 is 5.32 Å². The Bertz CT molecular complexity index is 475. The van der Waals surface area contributed by atoms with Crippen LogP contribution in [-0.2, 0) is 0 Å². The highest BCUT2D eigenvalue weighted by Crippen LogP contribution is 2.20. The molecule has 1 aromatic carbocycles. The highest BCUT2D eigenvalue weighted by molar-refractivity contribution is 6.32. The number of amides is 1. The van der Waals surface area contributed by atoms with Crippen molar-refractivity contribution in [1.82, 2.24) is 4.90 Å². The van der Waals surface area contributed by atoms with Gasteiger partial charge in [0.25, 0.3) is 0 Å². The monoisotopic (exact) mass is 252 g/mol. The molecule has 0 heterocycles. The molecule has 0 aromatic heterocycles. The molecule has 0 aliphatic carbocycles. The van der Waals surface area contributed by atoms with E-state index in [1.54, 1.807) is 12.1 Å². The van der Waals surface area contributed by atoms with Crippen molar-refractivity contribution in [3.05, 3.63) is 28.8 Å². The van der Waals surface area contributed by atoms with Gasteiger partial charge in [0.1, 0.15) is 0 Å². The quantitative estimate of drug-likeness (QED) is 0.795. The number of benzene rings is 1. The van der Waals surface area contributed by atoms with Crippen molar-refractivity contribution < 1.29 is 9.90 Å². The average Bonchev–Trinajstić information content (AvgIpc) is 2.20. The number of anilines is 1. The number of hydrogen-bond donors (Lipinski definition) is 2. The second-order valence-electron chi connectivity index (χ2n) is 3.66. The van der Waals surface area contributed by atoms with E-state index >= 15 is 0 Å². The van der Waals surface area contributed by atoms with Crippen LogP contribution >= 0.6 is 11.6 Å². The summed E-state index contributed by atoms with van der Waals surface area (Å²) in [5.74, 6) is 5.88. The van der Waals surface area contributed by atoms with Gasteiger partial charge in [-0.25, -0.2) is 4.79 Å². The van der Waals surface area contributed by atoms with Crippen molar-refractivity contribution in [3.63, 3.8) is 0 Å². The Morgan fingerprint density at radius 3 is 2.76 bits per heavy atom. The average molecular weight is 253 g/mol. The molecule has 0 spiro atoms. The number of nitrogens with one attached hydrogen (secondary N) is 1. The summed E-state index contributed by atoms with van der Waals surface area (Å²) < 4.78 is 0. The molecule has 0 atom stereocenters. The van der Waals surface area contributed by atoms with Crippen LogP contribution in [0.5, 0.6) is 0 Å². The van der Waals surface area contributed by atoms with Gasteiger partial charge in [-0.05, 0) is 32.3 Å². The molecule has 1 aromatic rings. The molecule has 2 N–H and O–H groups in total. The lowest BCUT2D eigenvalue weighted by Crippen LogP contribution is -2.10. The van der Waals surface area contributed by atoms with Crippen LogP contribution in [0.15, 0.2) is 18.2 Å². The smallest absolute Gasteiger partial charge is 0.409 e. The van der Waals surface area contributed by atoms with E-state index in [9.17, 15) is 4.79 Å². The fourth-order valence-electron chi connectivity index (χ4n) is 1.11. The Kier molecular flexibility index (Phi) is 4.83. The highest BCUT2D eigenvalue weighted by Gasteiger charge is 2.01. The van der Waals surface area contributed by atoms with Gasteiger partial charge in [-0.2, -0.15) is 0 Å². The summed E-state index contributed by atoms with van der Waals surface area (Å²) in [6.07, 6.45) is -1.12. The normalized spacial score (nSPS) is 9.65. The molecule has 5 heteroatoms. The fourth-order valence-corrected chi connectivity index (χ4v) is 1.34. The molecular formula is C12H13ClN2O2. The predicted octanol–water partition coefficient (Wildman–Crippen LogP) is 2.34. The van der Waals surface area contributed by atoms with E-state index in [1.165, 1.54) is 6.07 Å². The lowest BCUT2D eigenvalue weighted by atomic mass is 10.2. The zero-order valence-electron chi connectivity index (χ0n) is 9.62. The van der Waals surface area contributed by atoms with Gasteiger partial charge in [0, 0.05) is 11.3 Å². The molecule has 90 valence electrons. The van der Waals surface area contributed by atoms with Crippen LogP contribution in [0.1, 0.15) is 5.56 Å². The SMILES string of the molecule is CN(C)CC#Cc1ccc(NC(=O)O)cc1Cl. The maximum absolute atomic E-state index is 10.4. The Hall–Kier alpha value is -1.70. The number of hydrogen-bond acceptors (Lipinski definition) is 2. The molecule has 0 fully saturated rings. The zero-order chi connectivity index (χ0) is 12.8. The summed E-state index contributed by atoms with van der Waals surface area (Å²) in [5, 5.41) is 11.2. The minimum atomic E-state index is -1.12. The van der Waals surface area contributed by atoms with Gasteiger partial charge in [-0.1, -0.05) is 23.4 Å². The van der Waals surface area contributed by atoms with Crippen LogP contribution in [0.25, 0.3) is 0 Å². The lowest BCUT2D eigenvalue weighted by molar-refractivity contribution is 0.210. The van der Waals surface area contributed by atoms with Crippen LogP contribution in [0.3, 0.4) is 0 Å². The van der Waals surface area contributed by atoms with Crippen molar-refractivity contribution in [2.75, 3.05) is 26.0 Å². The van der Waals surface area contributed by atoms with Crippen molar-refractivity contribution in [3.8, 4) is 11.8 Å². The molecule has 0 unspecified atom stereocenters. The number of carbonyl (C=O) groups is 1. The van der Waals surface area contributed by atoms with Gasteiger partial charge in [0.05, 0.1) is 11.6 Å². The maximum atomic E-state index is 10.4. The Morgan fingerprint density at radius 1 is 1.53 bits per heavy atom. The standard InChI is InChI=1S/C12H13ClN2O2/c1-15(2)7-3-4-9-5-6-10(8-11(9)13)14-12(16)17/h5-6,8,14H,7H2,1-2H3,(H,16,17). The predicted molar refractivity (Wildman–Crippen MR) is 68.5 cm³/mol. The van der Waals surface area contributed by atoms with Crippen LogP contribution in [0.4, 0.5) is 10.5 Å². The first-order valence-electron chi connectivity index (χ1n) is 4.92. The van der Waals surface area contributed by atoms with E-state index in [0.717, 1.165) is 0 Å². The highest BCUT2D eigenvalue weighted by atomic mass is 35.5. The summed E-state index contributed by atoms with van der Waals surface area (Å²) in [6, 6.07) is 4.85. The van der Waals surface area contributed by atoms with E-state index in [2.05, 4.69) is 17.2 Å². The molecular weight excluding hydrogens is 240 g/mol. The molecule has 1 rings (SSSR count). The second kappa shape index (κ2) is 6.14. The first-order valence-corrected chi connectivity index (χ1v) is 5.30. The summed E-state index contributed by atoms with van der Waals surface area (Å²) in [6.45, 7) is 0.644. The van der Waals surface area contributed by atoms with Crippen LogP contribution in [0, 0.1) is 11.8 Å². The maximum Gasteiger partial charge on any atom is 0.409 e. The Balaban J connectivity index is 2.81. The van der Waals surface area contributed by atoms with Crippen molar-refractivity contribution in [1.29, 1.82) is 0 Å². The molecule has 0 saturated heterocycles. The number of carboxylic acid groups (broad SMARTS) is 1. The molecule has 0 aliphatic rings. The molecule has 4 nitrogen and oxygen atoms in total. The van der Waals surface area contributed by atoms with Gasteiger partial charge < -0.3 is 5.11 Å². The zero-order valence-corrected chi connectivity index (χ0v) is 10.4. The minimum absolute atomic E-state index is 0.431. The summed E-state index contributed by atoms with van der Waals surface area (Å²) in [7, 11) is 3.85. The minimum Gasteiger partial charge on any atom is -0.465 e. The number of nitrogens with zero attached hydrogens (tertiary/aromatic N) is 1. The first-order chi connectivity index (χ1) is 7.99. The fraction of sp³-hybridized carbons (Fsp3) is 0.250. The molecule has 0 radical (unpaired) electrons. The van der Waals surface area contributed by atoms with Gasteiger partial charge in [0.2, 0.25) is 0 Å². The van der Waals surface area contributed by atoms with E-state index in [1.807, 2.05) is 19.0 Å². The first kappa shape index (κ1) is 13.4. The Labute approximate surface area is 105 Å². The third kappa shape index (κ3) is 4.77. The topological polar surface area (TPSA) is 52.6 Å². The molecule has 0 bridgehead atoms. The Morgan fingerprint density at radius 2 is 2.24 bits per heavy atom. The molecule has 17 heavy (non-hydrogen) atoms. The van der Waals surface area contributed by atoms with E-state index < -0.39 is 6.09 Å². The molecule has 0 aliphatic heterocycles. The number of rotatable bonds is 2. The summed E-state index contributed by atoms with van der Waals surface area (Å²) in [5.41, 5.74) is 1.12. The van der Waals surface area contributed by atoms with Crippen LogP contribution in [-0.4, -0.2) is 36.7 Å². The van der Waals surface area contributed by atoms with Crippen molar-refractivity contribution in [2.24, 2.45) is 0 Å². The molecule has 1 amide bonds. The van der Waals surface area contributed by atoms with Gasteiger partial charge in [-0.15, -0.1) is 0 Å². The van der Waals surface area contributed by atoms with Gasteiger partial charge >= 0.3 is 6.09 Å². The number of halogens is 1. The van der Waals surface area contributed by atoms with E-state index in [4.69, 9.17) is 16.7 Å². The lowest BCUT2D eigenvalue weighted by Gasteiger charge is -2.03. The van der Waals surface area contributed by atoms with E-state index in [0.29, 0.717) is 22.8 Å². The summed E-state index contributed by atoms with van der Waals surface area (Å²) >= 11 is 5.98. The third-order valence-corrected chi connectivity index (χ3v) is 2.15. The summed E-state index contributed by atoms with van der Waals surface area (Å²) in [4.78, 5) is 12.4. The second-order valence-corrected chi connectivity index (χ2v) is 4.07. The van der Waals surface area contributed by atoms with Crippen molar-refractivity contribution >= 4 is 23.4 Å².